The molecule has 0 aromatic heterocycles. The molecule has 118 valence electrons. The Kier molecular flexibility index (Phi) is 4.99. The first kappa shape index (κ1) is 16.3. The number of hydrogen-bond acceptors (Lipinski definition) is 4. The number of aliphatic hydroxyl groups is 1. The Bertz CT molecular complexity index is 622. The van der Waals surface area contributed by atoms with E-state index in [1.807, 2.05) is 0 Å². The number of nitrogens with one attached hydrogen (secondary N) is 1. The fourth-order valence-electron chi connectivity index (χ4n) is 1.60. The van der Waals surface area contributed by atoms with Crippen molar-refractivity contribution in [3.8, 4) is 11.5 Å². The highest BCUT2D eigenvalue weighted by Crippen LogP contribution is 2.32. The van der Waals surface area contributed by atoms with Gasteiger partial charge in [0.2, 0.25) is 0 Å². The van der Waals surface area contributed by atoms with Crippen LogP contribution in [0.25, 0.3) is 0 Å². The molecule has 8 heteroatoms. The topological polar surface area (TPSA) is 50.7 Å². The molecule has 0 heterocycles. The summed E-state index contributed by atoms with van der Waals surface area (Å²) in [5.74, 6) is -0.108. The number of halogens is 4. The van der Waals surface area contributed by atoms with Crippen LogP contribution in [0.15, 0.2) is 48.5 Å². The Morgan fingerprint density at radius 1 is 1.09 bits per heavy atom. The highest BCUT2D eigenvalue weighted by atomic mass is 35.5. The third-order valence-corrected chi connectivity index (χ3v) is 2.73. The summed E-state index contributed by atoms with van der Waals surface area (Å²) in [6.45, 7) is 0. The molecule has 0 fully saturated rings. The molecule has 2 rings (SSSR count). The molecule has 0 radical (unpaired) electrons. The molecule has 0 bridgehead atoms. The second-order valence-electron chi connectivity index (χ2n) is 4.12. The first-order valence-electron chi connectivity index (χ1n) is 6.05. The third kappa shape index (κ3) is 5.01. The van der Waals surface area contributed by atoms with Gasteiger partial charge in [-0.2, -0.15) is 0 Å². The van der Waals surface area contributed by atoms with Crippen LogP contribution in [0.1, 0.15) is 0 Å². The minimum absolute atomic E-state index is 0.255. The lowest BCUT2D eigenvalue weighted by Gasteiger charge is -2.17. The largest absolute Gasteiger partial charge is 0.573 e. The standard InChI is InChI=1S/C14H11ClF3NO3/c15-11-8-9(6-7-12(11)22-14(16,17)18)19-13(20)21-10-4-2-1-3-5-10/h1-8,13,19-20H. The average molecular weight is 334 g/mol. The zero-order chi connectivity index (χ0) is 16.2. The number of para-hydroxylation sites is 1. The van der Waals surface area contributed by atoms with Crippen molar-refractivity contribution in [2.24, 2.45) is 0 Å². The quantitative estimate of drug-likeness (QED) is 0.812. The van der Waals surface area contributed by atoms with E-state index >= 15 is 0 Å². The normalized spacial score (nSPS) is 12.6. The maximum Gasteiger partial charge on any atom is 0.573 e. The van der Waals surface area contributed by atoms with Gasteiger partial charge in [0.25, 0.3) is 6.41 Å². The first-order chi connectivity index (χ1) is 10.3. The van der Waals surface area contributed by atoms with Gasteiger partial charge in [-0.1, -0.05) is 29.8 Å². The van der Waals surface area contributed by atoms with Gasteiger partial charge in [0, 0.05) is 5.69 Å². The summed E-state index contributed by atoms with van der Waals surface area (Å²) in [5.41, 5.74) is 0.267. The summed E-state index contributed by atoms with van der Waals surface area (Å²) in [4.78, 5) is 0. The summed E-state index contributed by atoms with van der Waals surface area (Å²) in [6, 6.07) is 12.0. The van der Waals surface area contributed by atoms with Crippen molar-refractivity contribution in [1.82, 2.24) is 0 Å². The molecular weight excluding hydrogens is 323 g/mol. The van der Waals surface area contributed by atoms with Gasteiger partial charge in [0.15, 0.2) is 0 Å². The van der Waals surface area contributed by atoms with Crippen LogP contribution in [-0.4, -0.2) is 17.9 Å². The molecule has 2 N–H and O–H groups in total. The van der Waals surface area contributed by atoms with Crippen LogP contribution in [0, 0.1) is 0 Å². The van der Waals surface area contributed by atoms with Crippen molar-refractivity contribution in [2.45, 2.75) is 12.8 Å². The SMILES string of the molecule is OC(Nc1ccc(OC(F)(F)F)c(Cl)c1)Oc1ccccc1. The fourth-order valence-corrected chi connectivity index (χ4v) is 1.82. The number of benzene rings is 2. The zero-order valence-electron chi connectivity index (χ0n) is 11.0. The lowest BCUT2D eigenvalue weighted by molar-refractivity contribution is -0.274. The second kappa shape index (κ2) is 6.76. The van der Waals surface area contributed by atoms with Crippen molar-refractivity contribution in [3.05, 3.63) is 53.6 Å². The van der Waals surface area contributed by atoms with Gasteiger partial charge in [0.1, 0.15) is 11.5 Å². The minimum atomic E-state index is -4.82. The highest BCUT2D eigenvalue weighted by Gasteiger charge is 2.32. The van der Waals surface area contributed by atoms with E-state index in [2.05, 4.69) is 10.1 Å². The Morgan fingerprint density at radius 2 is 1.77 bits per heavy atom. The van der Waals surface area contributed by atoms with Crippen molar-refractivity contribution in [2.75, 3.05) is 5.32 Å². The van der Waals surface area contributed by atoms with E-state index in [4.69, 9.17) is 16.3 Å². The summed E-state index contributed by atoms with van der Waals surface area (Å²) in [7, 11) is 0. The smallest absolute Gasteiger partial charge is 0.447 e. The van der Waals surface area contributed by atoms with Gasteiger partial charge in [0.05, 0.1) is 5.02 Å². The fraction of sp³-hybridized carbons (Fsp3) is 0.143. The van der Waals surface area contributed by atoms with Crippen molar-refractivity contribution >= 4 is 17.3 Å². The maximum absolute atomic E-state index is 12.1. The molecule has 0 aliphatic carbocycles. The highest BCUT2D eigenvalue weighted by molar-refractivity contribution is 6.32. The lowest BCUT2D eigenvalue weighted by Crippen LogP contribution is -2.25. The summed E-state index contributed by atoms with van der Waals surface area (Å²) in [5, 5.41) is 12.0. The maximum atomic E-state index is 12.1. The summed E-state index contributed by atoms with van der Waals surface area (Å²) in [6.07, 6.45) is -6.22. The molecule has 0 aliphatic heterocycles. The molecular formula is C14H11ClF3NO3. The summed E-state index contributed by atoms with van der Waals surface area (Å²) < 4.78 is 45.2. The van der Waals surface area contributed by atoms with E-state index in [1.165, 1.54) is 12.1 Å². The summed E-state index contributed by atoms with van der Waals surface area (Å²) >= 11 is 5.69. The Balaban J connectivity index is 2.00. The number of ether oxygens (including phenoxy) is 2. The number of aliphatic hydroxyl groups excluding tert-OH is 1. The zero-order valence-corrected chi connectivity index (χ0v) is 11.7. The van der Waals surface area contributed by atoms with E-state index in [-0.39, 0.29) is 10.7 Å². The molecule has 0 spiro atoms. The molecule has 4 nitrogen and oxygen atoms in total. The van der Waals surface area contributed by atoms with Crippen LogP contribution in [0.4, 0.5) is 18.9 Å². The van der Waals surface area contributed by atoms with Gasteiger partial charge in [-0.25, -0.2) is 0 Å². The Morgan fingerprint density at radius 3 is 2.36 bits per heavy atom. The van der Waals surface area contributed by atoms with Crippen LogP contribution in [-0.2, 0) is 0 Å². The molecule has 2 aromatic rings. The molecule has 1 atom stereocenters. The Hall–Kier alpha value is -2.12. The Labute approximate surface area is 129 Å². The third-order valence-electron chi connectivity index (χ3n) is 2.44. The van der Waals surface area contributed by atoms with Gasteiger partial charge in [-0.15, -0.1) is 13.2 Å². The van der Waals surface area contributed by atoms with E-state index < -0.39 is 18.5 Å². The van der Waals surface area contributed by atoms with Gasteiger partial charge in [-0.3, -0.25) is 0 Å². The van der Waals surface area contributed by atoms with E-state index in [9.17, 15) is 18.3 Å². The van der Waals surface area contributed by atoms with Crippen LogP contribution in [0.2, 0.25) is 5.02 Å². The van der Waals surface area contributed by atoms with E-state index in [1.54, 1.807) is 30.3 Å². The monoisotopic (exact) mass is 333 g/mol. The van der Waals surface area contributed by atoms with E-state index in [0.717, 1.165) is 6.07 Å². The van der Waals surface area contributed by atoms with Gasteiger partial charge in [-0.05, 0) is 30.3 Å². The van der Waals surface area contributed by atoms with E-state index in [0.29, 0.717) is 5.75 Å². The minimum Gasteiger partial charge on any atom is -0.447 e. The number of rotatable bonds is 5. The number of alkyl halides is 3. The first-order valence-corrected chi connectivity index (χ1v) is 6.43. The van der Waals surface area contributed by atoms with Crippen LogP contribution >= 0.6 is 11.6 Å². The number of anilines is 1. The van der Waals surface area contributed by atoms with Crippen molar-refractivity contribution < 1.29 is 27.8 Å². The molecule has 0 amide bonds. The molecule has 2 aromatic carbocycles. The predicted octanol–water partition coefficient (Wildman–Crippen LogP) is 4.01. The van der Waals surface area contributed by atoms with Crippen molar-refractivity contribution in [1.29, 1.82) is 0 Å². The number of hydrogen-bond donors (Lipinski definition) is 2. The molecule has 22 heavy (non-hydrogen) atoms. The predicted molar refractivity (Wildman–Crippen MR) is 74.8 cm³/mol. The van der Waals surface area contributed by atoms with Crippen molar-refractivity contribution in [3.63, 3.8) is 0 Å². The van der Waals surface area contributed by atoms with Crippen LogP contribution in [0.5, 0.6) is 11.5 Å². The molecule has 1 unspecified atom stereocenters. The van der Waals surface area contributed by atoms with Gasteiger partial charge >= 0.3 is 6.36 Å². The second-order valence-corrected chi connectivity index (χ2v) is 4.53. The molecule has 0 aliphatic rings. The lowest BCUT2D eigenvalue weighted by atomic mass is 10.3. The van der Waals surface area contributed by atoms with Crippen LogP contribution < -0.4 is 14.8 Å². The van der Waals surface area contributed by atoms with Gasteiger partial charge < -0.3 is 19.9 Å². The average Bonchev–Trinajstić information content (AvgIpc) is 2.41. The molecule has 0 saturated carbocycles. The van der Waals surface area contributed by atoms with Crippen LogP contribution in [0.3, 0.4) is 0 Å². The molecule has 0 saturated heterocycles.